The summed E-state index contributed by atoms with van der Waals surface area (Å²) in [6.45, 7) is 8.00. The summed E-state index contributed by atoms with van der Waals surface area (Å²) in [6, 6.07) is 9.99. The van der Waals surface area contributed by atoms with Gasteiger partial charge in [-0.2, -0.15) is 0 Å². The van der Waals surface area contributed by atoms with Crippen LogP contribution < -0.4 is 15.4 Å². The van der Waals surface area contributed by atoms with Crippen LogP contribution in [0.4, 0.5) is 0 Å². The van der Waals surface area contributed by atoms with Gasteiger partial charge in [-0.1, -0.05) is 25.1 Å². The molecule has 0 radical (unpaired) electrons. The minimum atomic E-state index is 0. The van der Waals surface area contributed by atoms with Crippen LogP contribution in [0.1, 0.15) is 39.5 Å². The number of carbonyl (C=O) groups excluding carboxylic acids is 1. The van der Waals surface area contributed by atoms with Crippen molar-refractivity contribution in [3.05, 3.63) is 30.3 Å². The molecule has 1 saturated heterocycles. The third-order valence-corrected chi connectivity index (χ3v) is 4.29. The number of guanidine groups is 1. The maximum atomic E-state index is 11.7. The van der Waals surface area contributed by atoms with Crippen molar-refractivity contribution in [2.45, 2.75) is 45.6 Å². The predicted octanol–water partition coefficient (Wildman–Crippen LogP) is 3.03. The van der Waals surface area contributed by atoms with Gasteiger partial charge in [0.05, 0.1) is 6.54 Å². The summed E-state index contributed by atoms with van der Waals surface area (Å²) in [4.78, 5) is 18.6. The van der Waals surface area contributed by atoms with Crippen LogP contribution >= 0.6 is 24.0 Å². The molecule has 1 amide bonds. The topological polar surface area (TPSA) is 66.0 Å². The van der Waals surface area contributed by atoms with E-state index in [4.69, 9.17) is 4.74 Å². The Morgan fingerprint density at radius 1 is 1.19 bits per heavy atom. The van der Waals surface area contributed by atoms with Crippen molar-refractivity contribution in [2.24, 2.45) is 4.99 Å². The van der Waals surface area contributed by atoms with E-state index in [1.165, 1.54) is 0 Å². The maximum absolute atomic E-state index is 11.7. The van der Waals surface area contributed by atoms with E-state index >= 15 is 0 Å². The first-order chi connectivity index (χ1) is 12.7. The molecule has 1 aliphatic heterocycles. The Morgan fingerprint density at radius 3 is 2.52 bits per heavy atom. The van der Waals surface area contributed by atoms with Gasteiger partial charge in [0.1, 0.15) is 11.9 Å². The molecule has 1 aliphatic rings. The third-order valence-electron chi connectivity index (χ3n) is 4.29. The number of hydrogen-bond acceptors (Lipinski definition) is 3. The molecule has 27 heavy (non-hydrogen) atoms. The molecule has 2 rings (SSSR count). The van der Waals surface area contributed by atoms with Crippen LogP contribution in [-0.2, 0) is 4.79 Å². The number of nitrogens with one attached hydrogen (secondary N) is 2. The average molecular weight is 488 g/mol. The molecule has 6 nitrogen and oxygen atoms in total. The maximum Gasteiger partial charge on any atom is 0.221 e. The van der Waals surface area contributed by atoms with Gasteiger partial charge in [0, 0.05) is 45.4 Å². The van der Waals surface area contributed by atoms with E-state index in [0.717, 1.165) is 57.2 Å². The Kier molecular flexibility index (Phi) is 11.9. The minimum absolute atomic E-state index is 0. The molecule has 0 unspecified atom stereocenters. The van der Waals surface area contributed by atoms with Crippen LogP contribution in [0.25, 0.3) is 0 Å². The minimum Gasteiger partial charge on any atom is -0.490 e. The summed E-state index contributed by atoms with van der Waals surface area (Å²) in [6.07, 6.45) is 3.57. The molecule has 1 fully saturated rings. The van der Waals surface area contributed by atoms with Crippen molar-refractivity contribution in [3.63, 3.8) is 0 Å². The lowest BCUT2D eigenvalue weighted by molar-refractivity contribution is -0.120. The number of piperidine rings is 1. The molecule has 152 valence electrons. The quantitative estimate of drug-likeness (QED) is 0.336. The van der Waals surface area contributed by atoms with Gasteiger partial charge in [0.2, 0.25) is 5.91 Å². The number of para-hydroxylation sites is 1. The molecule has 1 heterocycles. The Labute approximate surface area is 180 Å². The number of benzene rings is 1. The van der Waals surface area contributed by atoms with Crippen LogP contribution in [0.2, 0.25) is 0 Å². The zero-order valence-corrected chi connectivity index (χ0v) is 18.8. The molecule has 0 atom stereocenters. The first kappa shape index (κ1) is 23.5. The first-order valence-corrected chi connectivity index (χ1v) is 9.74. The van der Waals surface area contributed by atoms with Gasteiger partial charge >= 0.3 is 0 Å². The molecule has 0 saturated carbocycles. The van der Waals surface area contributed by atoms with Gasteiger partial charge in [-0.3, -0.25) is 9.79 Å². The fourth-order valence-corrected chi connectivity index (χ4v) is 2.92. The molecule has 2 N–H and O–H groups in total. The van der Waals surface area contributed by atoms with Gasteiger partial charge in [-0.25, -0.2) is 0 Å². The van der Waals surface area contributed by atoms with E-state index < -0.39 is 0 Å². The number of hydrogen-bond donors (Lipinski definition) is 2. The van der Waals surface area contributed by atoms with E-state index in [1.54, 1.807) is 0 Å². The lowest BCUT2D eigenvalue weighted by atomic mass is 10.1. The second-order valence-electron chi connectivity index (χ2n) is 6.45. The zero-order chi connectivity index (χ0) is 18.6. The molecular formula is C20H33IN4O2. The third kappa shape index (κ3) is 8.81. The lowest BCUT2D eigenvalue weighted by Crippen LogP contribution is -2.47. The van der Waals surface area contributed by atoms with E-state index in [2.05, 4.69) is 27.4 Å². The highest BCUT2D eigenvalue weighted by Crippen LogP contribution is 2.18. The fraction of sp³-hybridized carbons (Fsp3) is 0.600. The molecular weight excluding hydrogens is 455 g/mol. The Bertz CT molecular complexity index is 560. The largest absolute Gasteiger partial charge is 0.490 e. The number of amides is 1. The molecule has 0 spiro atoms. The Hall–Kier alpha value is -1.51. The number of halogens is 1. The number of carbonyl (C=O) groups is 1. The highest BCUT2D eigenvalue weighted by atomic mass is 127. The van der Waals surface area contributed by atoms with E-state index in [0.29, 0.717) is 13.0 Å². The number of nitrogens with zero attached hydrogens (tertiary/aromatic N) is 2. The van der Waals surface area contributed by atoms with Crippen molar-refractivity contribution < 1.29 is 9.53 Å². The lowest BCUT2D eigenvalue weighted by Gasteiger charge is -2.34. The fourth-order valence-electron chi connectivity index (χ4n) is 2.92. The van der Waals surface area contributed by atoms with Gasteiger partial charge in [-0.15, -0.1) is 24.0 Å². The summed E-state index contributed by atoms with van der Waals surface area (Å²) in [5.41, 5.74) is 0. The molecule has 1 aromatic rings. The van der Waals surface area contributed by atoms with Crippen molar-refractivity contribution in [1.29, 1.82) is 0 Å². The predicted molar refractivity (Wildman–Crippen MR) is 121 cm³/mol. The summed E-state index contributed by atoms with van der Waals surface area (Å²) >= 11 is 0. The summed E-state index contributed by atoms with van der Waals surface area (Å²) in [7, 11) is 0. The zero-order valence-electron chi connectivity index (χ0n) is 16.4. The smallest absolute Gasteiger partial charge is 0.221 e. The van der Waals surface area contributed by atoms with E-state index in [-0.39, 0.29) is 36.0 Å². The van der Waals surface area contributed by atoms with Crippen molar-refractivity contribution >= 4 is 35.8 Å². The molecule has 0 bridgehead atoms. The first-order valence-electron chi connectivity index (χ1n) is 9.74. The van der Waals surface area contributed by atoms with Gasteiger partial charge in [-0.05, 0) is 25.5 Å². The molecule has 0 aromatic heterocycles. The van der Waals surface area contributed by atoms with Crippen LogP contribution in [0.15, 0.2) is 35.3 Å². The van der Waals surface area contributed by atoms with Gasteiger partial charge < -0.3 is 20.3 Å². The van der Waals surface area contributed by atoms with Crippen LogP contribution in [0.3, 0.4) is 0 Å². The molecule has 0 aliphatic carbocycles. The Morgan fingerprint density at radius 2 is 1.89 bits per heavy atom. The van der Waals surface area contributed by atoms with Crippen LogP contribution in [-0.4, -0.2) is 55.6 Å². The average Bonchev–Trinajstić information content (AvgIpc) is 2.67. The van der Waals surface area contributed by atoms with Crippen molar-refractivity contribution in [1.82, 2.24) is 15.5 Å². The van der Waals surface area contributed by atoms with Crippen molar-refractivity contribution in [3.8, 4) is 5.75 Å². The van der Waals surface area contributed by atoms with Gasteiger partial charge in [0.15, 0.2) is 5.96 Å². The SMILES string of the molecule is CCCNC(=O)CCN=C(NCC)N1CCC(Oc2ccccc2)CC1.I. The monoisotopic (exact) mass is 488 g/mol. The number of likely N-dealkylation sites (tertiary alicyclic amines) is 1. The Balaban J connectivity index is 0.00000364. The highest BCUT2D eigenvalue weighted by molar-refractivity contribution is 14.0. The van der Waals surface area contributed by atoms with Crippen LogP contribution in [0.5, 0.6) is 5.75 Å². The number of aliphatic imine (C=N–C) groups is 1. The van der Waals surface area contributed by atoms with Crippen molar-refractivity contribution in [2.75, 3.05) is 32.7 Å². The second kappa shape index (κ2) is 13.6. The van der Waals surface area contributed by atoms with E-state index in [1.807, 2.05) is 37.3 Å². The molecule has 1 aromatic carbocycles. The van der Waals surface area contributed by atoms with Gasteiger partial charge in [0.25, 0.3) is 0 Å². The summed E-state index contributed by atoms with van der Waals surface area (Å²) < 4.78 is 6.05. The summed E-state index contributed by atoms with van der Waals surface area (Å²) in [5.74, 6) is 1.90. The van der Waals surface area contributed by atoms with Crippen LogP contribution in [0, 0.1) is 0 Å². The van der Waals surface area contributed by atoms with E-state index in [9.17, 15) is 4.79 Å². The summed E-state index contributed by atoms with van der Waals surface area (Å²) in [5, 5.41) is 6.22. The standard InChI is InChI=1S/C20H32N4O2.HI/c1-3-13-22-19(25)10-14-23-20(21-4-2)24-15-11-18(12-16-24)26-17-8-6-5-7-9-17;/h5-9,18H,3-4,10-16H2,1-2H3,(H,21,23)(H,22,25);1H. The number of rotatable bonds is 8. The highest BCUT2D eigenvalue weighted by Gasteiger charge is 2.22. The second-order valence-corrected chi connectivity index (χ2v) is 6.45. The number of ether oxygens (including phenoxy) is 1. The molecule has 7 heteroatoms. The normalized spacial score (nSPS) is 15.0.